The zero-order chi connectivity index (χ0) is 18.1. The molecule has 2 aliphatic heterocycles. The summed E-state index contributed by atoms with van der Waals surface area (Å²) in [5.74, 6) is 0.00991. The van der Waals surface area contributed by atoms with Crippen molar-refractivity contribution in [1.82, 2.24) is 5.43 Å². The molecule has 0 unspecified atom stereocenters. The van der Waals surface area contributed by atoms with Crippen LogP contribution in [0.15, 0.2) is 39.9 Å². The molecule has 0 radical (unpaired) electrons. The van der Waals surface area contributed by atoms with Crippen molar-refractivity contribution in [3.8, 4) is 5.75 Å². The van der Waals surface area contributed by atoms with E-state index in [9.17, 15) is 9.90 Å². The Balaban J connectivity index is 1.56. The van der Waals surface area contributed by atoms with E-state index < -0.39 is 0 Å². The van der Waals surface area contributed by atoms with Crippen LogP contribution in [0.5, 0.6) is 5.75 Å². The lowest BCUT2D eigenvalue weighted by Crippen LogP contribution is -2.34. The smallest absolute Gasteiger partial charge is 0.271 e. The van der Waals surface area contributed by atoms with Crippen LogP contribution in [0.1, 0.15) is 39.9 Å². The summed E-state index contributed by atoms with van der Waals surface area (Å²) in [7, 11) is 0. The number of aryl methyl sites for hydroxylation is 1. The molecule has 26 heavy (non-hydrogen) atoms. The van der Waals surface area contributed by atoms with Crippen molar-refractivity contribution in [3.63, 3.8) is 0 Å². The van der Waals surface area contributed by atoms with E-state index in [1.54, 1.807) is 12.1 Å². The van der Waals surface area contributed by atoms with Crippen LogP contribution in [0.2, 0.25) is 0 Å². The highest BCUT2D eigenvalue weighted by Gasteiger charge is 2.27. The number of carbonyl (C=O) groups excluding carboxylic acids is 1. The van der Waals surface area contributed by atoms with Crippen molar-refractivity contribution in [1.29, 1.82) is 0 Å². The van der Waals surface area contributed by atoms with Gasteiger partial charge in [-0.3, -0.25) is 4.79 Å². The van der Waals surface area contributed by atoms with Gasteiger partial charge >= 0.3 is 0 Å². The molecule has 2 heterocycles. The number of halogens is 1. The van der Waals surface area contributed by atoms with Gasteiger partial charge in [-0.15, -0.1) is 0 Å². The van der Waals surface area contributed by atoms with E-state index in [2.05, 4.69) is 31.4 Å². The van der Waals surface area contributed by atoms with Crippen LogP contribution >= 0.6 is 15.9 Å². The first-order valence-electron chi connectivity index (χ1n) is 8.85. The molecule has 0 aliphatic carbocycles. The molecule has 0 fully saturated rings. The van der Waals surface area contributed by atoms with E-state index in [1.165, 1.54) is 17.5 Å². The fourth-order valence-electron chi connectivity index (χ4n) is 3.79. The lowest BCUT2D eigenvalue weighted by atomic mass is 9.89. The molecular weight excluding hydrogens is 394 g/mol. The van der Waals surface area contributed by atoms with Crippen molar-refractivity contribution >= 4 is 33.7 Å². The molecule has 0 bridgehead atoms. The fourth-order valence-corrected chi connectivity index (χ4v) is 4.06. The lowest BCUT2D eigenvalue weighted by Gasteiger charge is -2.37. The number of nitrogens with one attached hydrogen (secondary N) is 1. The number of hydrogen-bond acceptors (Lipinski definition) is 4. The maximum atomic E-state index is 12.1. The predicted molar refractivity (Wildman–Crippen MR) is 106 cm³/mol. The summed E-state index contributed by atoms with van der Waals surface area (Å²) in [5.41, 5.74) is 7.24. The standard InChI is InChI=1S/C20H20BrN3O2/c21-16-7-5-13(6-8-16)20(26)23-22-12-15-11-14-3-1-9-24-10-2-4-17(18(14)24)19(15)25/h5-8,11-12,25H,1-4,9-10H2,(H,23,26). The SMILES string of the molecule is O=C(NN=Cc1cc2c3c(c1O)CCCN3CCC2)c1ccc(Br)cc1. The summed E-state index contributed by atoms with van der Waals surface area (Å²) >= 11 is 3.35. The van der Waals surface area contributed by atoms with Gasteiger partial charge in [-0.05, 0) is 61.6 Å². The molecule has 0 spiro atoms. The second-order valence-corrected chi connectivity index (χ2v) is 7.62. The minimum atomic E-state index is -0.279. The summed E-state index contributed by atoms with van der Waals surface area (Å²) in [6.45, 7) is 2.13. The third-order valence-electron chi connectivity index (χ3n) is 5.00. The van der Waals surface area contributed by atoms with Crippen molar-refractivity contribution < 1.29 is 9.90 Å². The Morgan fingerprint density at radius 1 is 1.19 bits per heavy atom. The minimum absolute atomic E-state index is 0.279. The van der Waals surface area contributed by atoms with E-state index in [4.69, 9.17) is 0 Å². The van der Waals surface area contributed by atoms with Gasteiger partial charge in [0.05, 0.1) is 6.21 Å². The van der Waals surface area contributed by atoms with Crippen LogP contribution < -0.4 is 10.3 Å². The molecule has 0 aromatic heterocycles. The minimum Gasteiger partial charge on any atom is -0.507 e. The van der Waals surface area contributed by atoms with Gasteiger partial charge in [-0.25, -0.2) is 5.43 Å². The lowest BCUT2D eigenvalue weighted by molar-refractivity contribution is 0.0955. The van der Waals surface area contributed by atoms with Crippen LogP contribution in [0.4, 0.5) is 5.69 Å². The van der Waals surface area contributed by atoms with Gasteiger partial charge in [0.15, 0.2) is 0 Å². The summed E-state index contributed by atoms with van der Waals surface area (Å²) in [4.78, 5) is 14.5. The number of rotatable bonds is 3. The molecule has 2 aromatic rings. The van der Waals surface area contributed by atoms with Crippen LogP contribution in [0.3, 0.4) is 0 Å². The topological polar surface area (TPSA) is 64.9 Å². The summed E-state index contributed by atoms with van der Waals surface area (Å²) < 4.78 is 0.916. The van der Waals surface area contributed by atoms with Gasteiger partial charge < -0.3 is 10.0 Å². The zero-order valence-electron chi connectivity index (χ0n) is 14.3. The average molecular weight is 414 g/mol. The second-order valence-electron chi connectivity index (χ2n) is 6.70. The molecule has 0 atom stereocenters. The molecule has 6 heteroatoms. The van der Waals surface area contributed by atoms with E-state index in [1.807, 2.05) is 18.2 Å². The van der Waals surface area contributed by atoms with Crippen LogP contribution in [-0.4, -0.2) is 30.3 Å². The Bertz CT molecular complexity index is 876. The number of hydrazone groups is 1. The number of phenols is 1. The molecular formula is C20H20BrN3O2. The number of aromatic hydroxyl groups is 1. The van der Waals surface area contributed by atoms with Gasteiger partial charge in [0, 0.05) is 39.9 Å². The molecule has 2 N–H and O–H groups in total. The van der Waals surface area contributed by atoms with E-state index in [0.29, 0.717) is 11.1 Å². The number of benzene rings is 2. The zero-order valence-corrected chi connectivity index (χ0v) is 15.9. The Hall–Kier alpha value is -2.34. The number of carbonyl (C=O) groups is 1. The average Bonchev–Trinajstić information content (AvgIpc) is 2.66. The summed E-state index contributed by atoms with van der Waals surface area (Å²) in [6.07, 6.45) is 5.63. The van der Waals surface area contributed by atoms with Gasteiger partial charge in [-0.2, -0.15) is 5.10 Å². The molecule has 0 saturated carbocycles. The Morgan fingerprint density at radius 2 is 1.92 bits per heavy atom. The highest BCUT2D eigenvalue weighted by atomic mass is 79.9. The quantitative estimate of drug-likeness (QED) is 0.596. The molecule has 0 saturated heterocycles. The molecule has 4 rings (SSSR count). The Kier molecular flexibility index (Phi) is 4.68. The summed E-state index contributed by atoms with van der Waals surface area (Å²) in [6, 6.07) is 9.07. The number of hydrogen-bond donors (Lipinski definition) is 2. The first-order valence-corrected chi connectivity index (χ1v) is 9.64. The Labute approximate surface area is 160 Å². The van der Waals surface area contributed by atoms with Crippen LogP contribution in [0.25, 0.3) is 0 Å². The third-order valence-corrected chi connectivity index (χ3v) is 5.53. The van der Waals surface area contributed by atoms with E-state index >= 15 is 0 Å². The highest BCUT2D eigenvalue weighted by Crippen LogP contribution is 2.41. The fraction of sp³-hybridized carbons (Fsp3) is 0.300. The third kappa shape index (κ3) is 3.21. The maximum Gasteiger partial charge on any atom is 0.271 e. The first kappa shape index (κ1) is 17.1. The number of anilines is 1. The maximum absolute atomic E-state index is 12.1. The van der Waals surface area contributed by atoms with E-state index in [-0.39, 0.29) is 11.7 Å². The van der Waals surface area contributed by atoms with Gasteiger partial charge in [-0.1, -0.05) is 15.9 Å². The van der Waals surface area contributed by atoms with Crippen molar-refractivity contribution in [3.05, 3.63) is 57.1 Å². The molecule has 5 nitrogen and oxygen atoms in total. The van der Waals surface area contributed by atoms with Gasteiger partial charge in [0.25, 0.3) is 5.91 Å². The normalized spacial score (nSPS) is 15.8. The van der Waals surface area contributed by atoms with Crippen LogP contribution in [-0.2, 0) is 12.8 Å². The van der Waals surface area contributed by atoms with Gasteiger partial charge in [0.2, 0.25) is 0 Å². The first-order chi connectivity index (χ1) is 12.6. The summed E-state index contributed by atoms with van der Waals surface area (Å²) in [5, 5.41) is 14.7. The predicted octanol–water partition coefficient (Wildman–Crippen LogP) is 3.62. The molecule has 2 aliphatic rings. The largest absolute Gasteiger partial charge is 0.507 e. The monoisotopic (exact) mass is 413 g/mol. The molecule has 2 aromatic carbocycles. The Morgan fingerprint density at radius 3 is 2.69 bits per heavy atom. The van der Waals surface area contributed by atoms with E-state index in [0.717, 1.165) is 48.8 Å². The molecule has 134 valence electrons. The number of phenolic OH excluding ortho intramolecular Hbond substituents is 1. The van der Waals surface area contributed by atoms with Crippen molar-refractivity contribution in [2.24, 2.45) is 5.10 Å². The van der Waals surface area contributed by atoms with Gasteiger partial charge in [0.1, 0.15) is 5.75 Å². The number of amides is 1. The van der Waals surface area contributed by atoms with Crippen molar-refractivity contribution in [2.45, 2.75) is 25.7 Å². The molecule has 1 amide bonds. The highest BCUT2D eigenvalue weighted by molar-refractivity contribution is 9.10. The van der Waals surface area contributed by atoms with Crippen molar-refractivity contribution in [2.75, 3.05) is 18.0 Å². The second kappa shape index (κ2) is 7.11. The van der Waals surface area contributed by atoms with Crippen LogP contribution in [0, 0.1) is 0 Å². The number of nitrogens with zero attached hydrogens (tertiary/aromatic N) is 2.